The second-order valence-electron chi connectivity index (χ2n) is 6.91. The number of pyridine rings is 1. The molecule has 0 aliphatic heterocycles. The minimum atomic E-state index is -4.60. The Morgan fingerprint density at radius 3 is 2.70 bits per heavy atom. The fourth-order valence-corrected chi connectivity index (χ4v) is 2.90. The lowest BCUT2D eigenvalue weighted by atomic mass is 10.2. The fourth-order valence-electron chi connectivity index (χ4n) is 2.69. The van der Waals surface area contributed by atoms with E-state index in [1.54, 1.807) is 0 Å². The summed E-state index contributed by atoms with van der Waals surface area (Å²) in [7, 11) is 0. The highest BCUT2D eigenvalue weighted by Gasteiger charge is 2.32. The summed E-state index contributed by atoms with van der Waals surface area (Å²) in [5.41, 5.74) is -0.995. The van der Waals surface area contributed by atoms with Crippen LogP contribution in [-0.4, -0.2) is 29.3 Å². The first-order chi connectivity index (χ1) is 14.2. The smallest absolute Gasteiger partial charge is 0.417 e. The van der Waals surface area contributed by atoms with Gasteiger partial charge in [0.1, 0.15) is 16.5 Å². The number of para-hydroxylation sites is 1. The third-order valence-corrected chi connectivity index (χ3v) is 4.67. The van der Waals surface area contributed by atoms with Crippen molar-refractivity contribution in [1.29, 1.82) is 0 Å². The molecule has 0 bridgehead atoms. The number of ether oxygens (including phenoxy) is 2. The lowest BCUT2D eigenvalue weighted by Gasteiger charge is -2.24. The summed E-state index contributed by atoms with van der Waals surface area (Å²) in [6.07, 6.45) is -2.09. The molecule has 0 saturated heterocycles. The predicted molar refractivity (Wildman–Crippen MR) is 104 cm³/mol. The van der Waals surface area contributed by atoms with E-state index in [1.165, 1.54) is 23.1 Å². The van der Waals surface area contributed by atoms with Crippen molar-refractivity contribution in [2.45, 2.75) is 32.4 Å². The maximum atomic E-state index is 12.8. The standard InChI is InChI=1S/C20H20ClF3N2O4/c1-2-8-26(19(28)29-11-12-6-7-12)17-15(27)4-3-5-16(17)30-18-14(21)9-13(10-25-18)20(22,23)24/h3-5,9-10,12,27H,2,6-8,11H2,1H3. The van der Waals surface area contributed by atoms with Crippen molar-refractivity contribution in [3.8, 4) is 17.4 Å². The van der Waals surface area contributed by atoms with Crippen LogP contribution in [0.4, 0.5) is 23.7 Å². The molecule has 1 aromatic carbocycles. The molecule has 1 aliphatic rings. The number of anilines is 1. The number of halogens is 4. The highest BCUT2D eigenvalue weighted by atomic mass is 35.5. The molecule has 162 valence electrons. The van der Waals surface area contributed by atoms with Crippen molar-refractivity contribution < 1.29 is 32.5 Å². The van der Waals surface area contributed by atoms with Crippen LogP contribution in [0.15, 0.2) is 30.5 Å². The molecule has 1 fully saturated rings. The van der Waals surface area contributed by atoms with Crippen molar-refractivity contribution in [3.05, 3.63) is 41.0 Å². The Morgan fingerprint density at radius 2 is 2.10 bits per heavy atom. The number of hydrogen-bond acceptors (Lipinski definition) is 5. The van der Waals surface area contributed by atoms with Crippen LogP contribution in [0, 0.1) is 5.92 Å². The van der Waals surface area contributed by atoms with E-state index in [0.29, 0.717) is 24.6 Å². The average molecular weight is 445 g/mol. The SMILES string of the molecule is CCCN(C(=O)OCC1CC1)c1c(O)cccc1Oc1ncc(C(F)(F)F)cc1Cl. The molecule has 1 amide bonds. The number of benzene rings is 1. The molecular formula is C20H20ClF3N2O4. The second kappa shape index (κ2) is 8.99. The van der Waals surface area contributed by atoms with Gasteiger partial charge in [0.15, 0.2) is 5.75 Å². The molecule has 30 heavy (non-hydrogen) atoms. The number of rotatable bonds is 7. The lowest BCUT2D eigenvalue weighted by Crippen LogP contribution is -2.33. The topological polar surface area (TPSA) is 71.9 Å². The number of carbonyl (C=O) groups is 1. The van der Waals surface area contributed by atoms with Gasteiger partial charge in [0, 0.05) is 12.7 Å². The van der Waals surface area contributed by atoms with E-state index >= 15 is 0 Å². The fraction of sp³-hybridized carbons (Fsp3) is 0.400. The van der Waals surface area contributed by atoms with E-state index in [4.69, 9.17) is 21.1 Å². The van der Waals surface area contributed by atoms with E-state index in [9.17, 15) is 23.1 Å². The monoisotopic (exact) mass is 444 g/mol. The quantitative estimate of drug-likeness (QED) is 0.565. The minimum Gasteiger partial charge on any atom is -0.506 e. The van der Waals surface area contributed by atoms with E-state index in [2.05, 4.69) is 4.98 Å². The molecular weight excluding hydrogens is 425 g/mol. The molecule has 0 radical (unpaired) electrons. The molecule has 2 aromatic rings. The Hall–Kier alpha value is -2.68. The third kappa shape index (κ3) is 5.27. The van der Waals surface area contributed by atoms with Crippen LogP contribution in [0.25, 0.3) is 0 Å². The highest BCUT2D eigenvalue weighted by Crippen LogP contribution is 2.42. The molecule has 6 nitrogen and oxygen atoms in total. The largest absolute Gasteiger partial charge is 0.506 e. The Bertz CT molecular complexity index is 919. The van der Waals surface area contributed by atoms with Crippen LogP contribution >= 0.6 is 11.6 Å². The molecule has 3 rings (SSSR count). The summed E-state index contributed by atoms with van der Waals surface area (Å²) in [5, 5.41) is 10.0. The van der Waals surface area contributed by atoms with Crippen LogP contribution < -0.4 is 9.64 Å². The maximum Gasteiger partial charge on any atom is 0.417 e. The average Bonchev–Trinajstić information content (AvgIpc) is 3.50. The highest BCUT2D eigenvalue weighted by molar-refractivity contribution is 6.31. The summed E-state index contributed by atoms with van der Waals surface area (Å²) in [6, 6.07) is 4.97. The third-order valence-electron chi connectivity index (χ3n) is 4.40. The van der Waals surface area contributed by atoms with Crippen molar-refractivity contribution >= 4 is 23.4 Å². The zero-order valence-electron chi connectivity index (χ0n) is 16.1. The van der Waals surface area contributed by atoms with Gasteiger partial charge >= 0.3 is 12.3 Å². The Kier molecular flexibility index (Phi) is 6.60. The molecule has 10 heteroatoms. The van der Waals surface area contributed by atoms with Crippen molar-refractivity contribution in [1.82, 2.24) is 4.98 Å². The summed E-state index contributed by atoms with van der Waals surface area (Å²) in [4.78, 5) is 17.5. The van der Waals surface area contributed by atoms with Gasteiger partial charge in [0.2, 0.25) is 5.88 Å². The minimum absolute atomic E-state index is 0.000908. The Balaban J connectivity index is 1.90. The number of phenols is 1. The number of carbonyl (C=O) groups excluding carboxylic acids is 1. The normalized spacial score (nSPS) is 13.8. The number of aromatic nitrogens is 1. The molecule has 1 N–H and O–H groups in total. The molecule has 0 spiro atoms. The van der Waals surface area contributed by atoms with Crippen LogP contribution in [0.2, 0.25) is 5.02 Å². The van der Waals surface area contributed by atoms with E-state index in [1.807, 2.05) is 6.92 Å². The summed E-state index contributed by atoms with van der Waals surface area (Å²) >= 11 is 5.92. The Morgan fingerprint density at radius 1 is 1.37 bits per heavy atom. The van der Waals surface area contributed by atoms with E-state index < -0.39 is 17.8 Å². The van der Waals surface area contributed by atoms with Gasteiger partial charge in [-0.2, -0.15) is 13.2 Å². The molecule has 1 saturated carbocycles. The number of hydrogen-bond donors (Lipinski definition) is 1. The molecule has 0 atom stereocenters. The molecule has 0 unspecified atom stereocenters. The van der Waals surface area contributed by atoms with Crippen molar-refractivity contribution in [2.24, 2.45) is 5.92 Å². The molecule has 1 heterocycles. The van der Waals surface area contributed by atoms with Crippen molar-refractivity contribution in [2.75, 3.05) is 18.1 Å². The number of amides is 1. The zero-order valence-corrected chi connectivity index (χ0v) is 16.8. The van der Waals surface area contributed by atoms with E-state index in [0.717, 1.165) is 12.8 Å². The number of phenolic OH excluding ortho intramolecular Hbond substituents is 1. The summed E-state index contributed by atoms with van der Waals surface area (Å²) in [6.45, 7) is 2.36. The number of alkyl halides is 3. The second-order valence-corrected chi connectivity index (χ2v) is 7.31. The van der Waals surface area contributed by atoms with Gasteiger partial charge in [-0.05, 0) is 43.4 Å². The Labute approximate surface area is 176 Å². The number of nitrogens with zero attached hydrogens (tertiary/aromatic N) is 2. The summed E-state index contributed by atoms with van der Waals surface area (Å²) in [5.74, 6) is -0.194. The van der Waals surface area contributed by atoms with Crippen LogP contribution in [0.1, 0.15) is 31.7 Å². The van der Waals surface area contributed by atoms with Crippen LogP contribution in [-0.2, 0) is 10.9 Å². The van der Waals surface area contributed by atoms with Gasteiger partial charge in [-0.15, -0.1) is 0 Å². The van der Waals surface area contributed by atoms with Gasteiger partial charge in [-0.1, -0.05) is 24.6 Å². The predicted octanol–water partition coefficient (Wildman–Crippen LogP) is 6.01. The van der Waals surface area contributed by atoms with Gasteiger partial charge in [0.25, 0.3) is 0 Å². The first-order valence-electron chi connectivity index (χ1n) is 9.37. The van der Waals surface area contributed by atoms with Gasteiger partial charge in [0.05, 0.1) is 12.2 Å². The van der Waals surface area contributed by atoms with Gasteiger partial charge < -0.3 is 14.6 Å². The van der Waals surface area contributed by atoms with Crippen LogP contribution in [0.3, 0.4) is 0 Å². The first kappa shape index (κ1) is 22.0. The molecule has 1 aliphatic carbocycles. The van der Waals surface area contributed by atoms with Crippen LogP contribution in [0.5, 0.6) is 17.4 Å². The number of aromatic hydroxyl groups is 1. The van der Waals surface area contributed by atoms with Gasteiger partial charge in [-0.25, -0.2) is 9.78 Å². The lowest BCUT2D eigenvalue weighted by molar-refractivity contribution is -0.137. The zero-order chi connectivity index (χ0) is 21.9. The first-order valence-corrected chi connectivity index (χ1v) is 9.75. The van der Waals surface area contributed by atoms with E-state index in [-0.39, 0.29) is 41.2 Å². The van der Waals surface area contributed by atoms with Crippen molar-refractivity contribution in [3.63, 3.8) is 0 Å². The maximum absolute atomic E-state index is 12.8. The molecule has 1 aromatic heterocycles. The summed E-state index contributed by atoms with van der Waals surface area (Å²) < 4.78 is 49.4. The van der Waals surface area contributed by atoms with Gasteiger partial charge in [-0.3, -0.25) is 4.90 Å².